The van der Waals surface area contributed by atoms with Gasteiger partial charge in [-0.2, -0.15) is 0 Å². The first-order valence-electron chi connectivity index (χ1n) is 15.2. The summed E-state index contributed by atoms with van der Waals surface area (Å²) in [5, 5.41) is 0. The van der Waals surface area contributed by atoms with Crippen molar-refractivity contribution in [2.75, 3.05) is 0 Å². The highest BCUT2D eigenvalue weighted by Gasteiger charge is 2.05. The minimum Gasteiger partial charge on any atom is -0.238 e. The lowest BCUT2D eigenvalue weighted by Crippen LogP contribution is -2.04. The summed E-state index contributed by atoms with van der Waals surface area (Å²) in [4.78, 5) is 9.77. The molecule has 2 heteroatoms. The Balaban J connectivity index is 2.19. The molecule has 1 heterocycles. The molecule has 0 aromatic carbocycles. The Hall–Kier alpha value is -0.920. The van der Waals surface area contributed by atoms with Crippen LogP contribution in [0.2, 0.25) is 0 Å². The molecule has 0 fully saturated rings. The van der Waals surface area contributed by atoms with Gasteiger partial charge in [0.05, 0.1) is 0 Å². The molecule has 33 heavy (non-hydrogen) atoms. The molecule has 192 valence electrons. The minimum atomic E-state index is 1.02. The first-order chi connectivity index (χ1) is 16.3. The van der Waals surface area contributed by atoms with Gasteiger partial charge in [0, 0.05) is 17.8 Å². The Kier molecular flexibility index (Phi) is 20.9. The first-order valence-corrected chi connectivity index (χ1v) is 15.2. The van der Waals surface area contributed by atoms with E-state index in [0.717, 1.165) is 31.5 Å². The third kappa shape index (κ3) is 18.1. The van der Waals surface area contributed by atoms with E-state index in [1.54, 1.807) is 0 Å². The Labute approximate surface area is 208 Å². The molecule has 1 rings (SSSR count). The van der Waals surface area contributed by atoms with Crippen LogP contribution in [0.25, 0.3) is 0 Å². The maximum Gasteiger partial charge on any atom is 0.128 e. The molecule has 1 aromatic heterocycles. The molecule has 0 aliphatic heterocycles. The Bertz CT molecular complexity index is 497. The van der Waals surface area contributed by atoms with Gasteiger partial charge in [0.1, 0.15) is 5.82 Å². The van der Waals surface area contributed by atoms with Crippen molar-refractivity contribution >= 4 is 0 Å². The molecule has 0 saturated carbocycles. The summed E-state index contributed by atoms with van der Waals surface area (Å²) in [6.45, 7) is 6.83. The van der Waals surface area contributed by atoms with Crippen molar-refractivity contribution in [3.8, 4) is 0 Å². The van der Waals surface area contributed by atoms with Crippen LogP contribution in [0.5, 0.6) is 0 Å². The van der Waals surface area contributed by atoms with E-state index < -0.39 is 0 Å². The van der Waals surface area contributed by atoms with E-state index in [4.69, 9.17) is 9.97 Å². The number of rotatable bonds is 24. The van der Waals surface area contributed by atoms with Gasteiger partial charge in [-0.25, -0.2) is 9.97 Å². The summed E-state index contributed by atoms with van der Waals surface area (Å²) < 4.78 is 0. The molecule has 1 aromatic rings. The first kappa shape index (κ1) is 30.1. The number of unbranched alkanes of at least 4 members (excludes halogenated alkanes) is 18. The molecule has 0 spiro atoms. The van der Waals surface area contributed by atoms with Crippen molar-refractivity contribution in [2.45, 2.75) is 175 Å². The highest BCUT2D eigenvalue weighted by atomic mass is 14.9. The lowest BCUT2D eigenvalue weighted by molar-refractivity contribution is 0.553. The van der Waals surface area contributed by atoms with E-state index in [9.17, 15) is 0 Å². The molecule has 0 unspecified atom stereocenters. The van der Waals surface area contributed by atoms with Crippen LogP contribution in [-0.2, 0) is 19.3 Å². The van der Waals surface area contributed by atoms with Crippen LogP contribution in [0, 0.1) is 0 Å². The zero-order valence-corrected chi connectivity index (χ0v) is 22.9. The summed E-state index contributed by atoms with van der Waals surface area (Å²) in [6.07, 6.45) is 32.4. The Morgan fingerprint density at radius 3 is 1.06 bits per heavy atom. The molecule has 0 saturated heterocycles. The standard InChI is InChI=1S/C31H58N2/c1-4-7-9-11-13-15-17-19-21-23-26-29-28-30(33-31(32-29)25-6-3)27-24-22-20-18-16-14-12-10-8-5-2/h28H,4-27H2,1-3H3. The molecule has 0 bridgehead atoms. The zero-order valence-electron chi connectivity index (χ0n) is 22.9. The van der Waals surface area contributed by atoms with Crippen LogP contribution in [-0.4, -0.2) is 9.97 Å². The Morgan fingerprint density at radius 2 is 0.727 bits per heavy atom. The molecule has 0 aliphatic rings. The summed E-state index contributed by atoms with van der Waals surface area (Å²) in [6, 6.07) is 2.32. The van der Waals surface area contributed by atoms with Gasteiger partial charge in [-0.15, -0.1) is 0 Å². The minimum absolute atomic E-state index is 1.02. The topological polar surface area (TPSA) is 25.8 Å². The third-order valence-corrected chi connectivity index (χ3v) is 6.93. The predicted molar refractivity (Wildman–Crippen MR) is 147 cm³/mol. The maximum absolute atomic E-state index is 4.89. The van der Waals surface area contributed by atoms with Crippen molar-refractivity contribution in [3.63, 3.8) is 0 Å². The lowest BCUT2D eigenvalue weighted by Gasteiger charge is -2.08. The van der Waals surface area contributed by atoms with Crippen molar-refractivity contribution in [1.29, 1.82) is 0 Å². The van der Waals surface area contributed by atoms with Gasteiger partial charge in [-0.1, -0.05) is 136 Å². The predicted octanol–water partition coefficient (Wildman–Crippen LogP) is 10.4. The highest BCUT2D eigenvalue weighted by molar-refractivity contribution is 5.12. The fourth-order valence-electron chi connectivity index (χ4n) is 4.79. The van der Waals surface area contributed by atoms with Gasteiger partial charge in [0.15, 0.2) is 0 Å². The molecular formula is C31H58N2. The van der Waals surface area contributed by atoms with Crippen molar-refractivity contribution in [2.24, 2.45) is 0 Å². The molecule has 0 radical (unpaired) electrons. The fourth-order valence-corrected chi connectivity index (χ4v) is 4.79. The number of aryl methyl sites for hydroxylation is 3. The van der Waals surface area contributed by atoms with Crippen LogP contribution in [0.1, 0.15) is 173 Å². The van der Waals surface area contributed by atoms with E-state index in [0.29, 0.717) is 0 Å². The molecule has 0 atom stereocenters. The van der Waals surface area contributed by atoms with Gasteiger partial charge < -0.3 is 0 Å². The van der Waals surface area contributed by atoms with Gasteiger partial charge in [0.2, 0.25) is 0 Å². The largest absolute Gasteiger partial charge is 0.238 e. The maximum atomic E-state index is 4.89. The Morgan fingerprint density at radius 1 is 0.394 bits per heavy atom. The SMILES string of the molecule is CCCCCCCCCCCCc1cc(CCCCCCCCCCCC)nc(CCC)n1. The number of aromatic nitrogens is 2. The van der Waals surface area contributed by atoms with Crippen LogP contribution in [0.4, 0.5) is 0 Å². The van der Waals surface area contributed by atoms with E-state index in [1.807, 2.05) is 0 Å². The zero-order chi connectivity index (χ0) is 23.8. The molecule has 2 nitrogen and oxygen atoms in total. The quantitative estimate of drug-likeness (QED) is 0.144. The second kappa shape index (κ2) is 22.9. The second-order valence-corrected chi connectivity index (χ2v) is 10.4. The number of nitrogens with zero attached hydrogens (tertiary/aromatic N) is 2. The van der Waals surface area contributed by atoms with Gasteiger partial charge in [-0.05, 0) is 38.2 Å². The van der Waals surface area contributed by atoms with Crippen molar-refractivity contribution < 1.29 is 0 Å². The van der Waals surface area contributed by atoms with E-state index in [-0.39, 0.29) is 0 Å². The summed E-state index contributed by atoms with van der Waals surface area (Å²) >= 11 is 0. The van der Waals surface area contributed by atoms with Crippen LogP contribution >= 0.6 is 0 Å². The van der Waals surface area contributed by atoms with E-state index in [2.05, 4.69) is 26.8 Å². The van der Waals surface area contributed by atoms with Crippen LogP contribution < -0.4 is 0 Å². The molecule has 0 N–H and O–H groups in total. The smallest absolute Gasteiger partial charge is 0.128 e. The molecular weight excluding hydrogens is 400 g/mol. The molecule has 0 aliphatic carbocycles. The second-order valence-electron chi connectivity index (χ2n) is 10.4. The molecule has 0 amide bonds. The monoisotopic (exact) mass is 458 g/mol. The van der Waals surface area contributed by atoms with Crippen molar-refractivity contribution in [1.82, 2.24) is 9.97 Å². The average molecular weight is 459 g/mol. The van der Waals surface area contributed by atoms with Crippen LogP contribution in [0.3, 0.4) is 0 Å². The van der Waals surface area contributed by atoms with Gasteiger partial charge >= 0.3 is 0 Å². The fraction of sp³-hybridized carbons (Fsp3) is 0.871. The highest BCUT2D eigenvalue weighted by Crippen LogP contribution is 2.15. The van der Waals surface area contributed by atoms with Crippen LogP contribution in [0.15, 0.2) is 6.07 Å². The third-order valence-electron chi connectivity index (χ3n) is 6.93. The lowest BCUT2D eigenvalue weighted by atomic mass is 10.0. The van der Waals surface area contributed by atoms with E-state index >= 15 is 0 Å². The van der Waals surface area contributed by atoms with Crippen molar-refractivity contribution in [3.05, 3.63) is 23.3 Å². The average Bonchev–Trinajstić information content (AvgIpc) is 2.81. The van der Waals surface area contributed by atoms with E-state index in [1.165, 1.54) is 140 Å². The summed E-state index contributed by atoms with van der Waals surface area (Å²) in [5.41, 5.74) is 2.60. The normalized spacial score (nSPS) is 11.4. The number of hydrogen-bond donors (Lipinski definition) is 0. The van der Waals surface area contributed by atoms with Gasteiger partial charge in [0.25, 0.3) is 0 Å². The summed E-state index contributed by atoms with van der Waals surface area (Å²) in [5.74, 6) is 1.09. The number of hydrogen-bond acceptors (Lipinski definition) is 2. The van der Waals surface area contributed by atoms with Gasteiger partial charge in [-0.3, -0.25) is 0 Å². The summed E-state index contributed by atoms with van der Waals surface area (Å²) in [7, 11) is 0.